The lowest BCUT2D eigenvalue weighted by Crippen LogP contribution is -2.36. The second-order valence-corrected chi connectivity index (χ2v) is 5.53. The van der Waals surface area contributed by atoms with Crippen molar-refractivity contribution >= 4 is 11.7 Å². The molecule has 1 fully saturated rings. The number of anilines is 1. The molecule has 1 saturated heterocycles. The monoisotopic (exact) mass is 310 g/mol. The van der Waals surface area contributed by atoms with Crippen LogP contribution < -0.4 is 10.6 Å². The summed E-state index contributed by atoms with van der Waals surface area (Å²) in [6, 6.07) is 0. The fourth-order valence-corrected chi connectivity index (χ4v) is 2.53. The van der Waals surface area contributed by atoms with Crippen LogP contribution in [-0.4, -0.2) is 55.7 Å². The van der Waals surface area contributed by atoms with Crippen LogP contribution >= 0.6 is 0 Å². The summed E-state index contributed by atoms with van der Waals surface area (Å²) in [6.07, 6.45) is -2.93. The first-order chi connectivity index (χ1) is 10.4. The van der Waals surface area contributed by atoms with E-state index in [0.717, 1.165) is 5.57 Å². The number of carbonyl (C=O) groups is 1. The zero-order chi connectivity index (χ0) is 16.0. The van der Waals surface area contributed by atoms with Gasteiger partial charge in [-0.15, -0.1) is 0 Å². The number of aliphatic hydroxyl groups excluding tert-OH is 3. The summed E-state index contributed by atoms with van der Waals surface area (Å²) in [4.78, 5) is 16.1. The third-order valence-corrected chi connectivity index (χ3v) is 3.78. The van der Waals surface area contributed by atoms with Gasteiger partial charge in [0.1, 0.15) is 30.0 Å². The number of ether oxygens (including phenoxy) is 1. The molecule has 1 aromatic heterocycles. The minimum absolute atomic E-state index is 0.169. The van der Waals surface area contributed by atoms with Gasteiger partial charge in [0, 0.05) is 0 Å². The summed E-state index contributed by atoms with van der Waals surface area (Å²) in [7, 11) is 0. The van der Waals surface area contributed by atoms with Crippen LogP contribution in [0.5, 0.6) is 0 Å². The number of hydrogen-bond acceptors (Lipinski definition) is 7. The van der Waals surface area contributed by atoms with Crippen LogP contribution in [0.2, 0.25) is 0 Å². The average Bonchev–Trinajstić information content (AvgIpc) is 3.02. The Morgan fingerprint density at radius 3 is 2.68 bits per heavy atom. The molecule has 9 heteroatoms. The molecule has 0 saturated carbocycles. The summed E-state index contributed by atoms with van der Waals surface area (Å²) < 4.78 is 6.91. The number of nitrogens with one attached hydrogen (secondary N) is 2. The van der Waals surface area contributed by atoms with Crippen LogP contribution in [-0.2, 0) is 4.74 Å². The normalized spacial score (nSPS) is 30.8. The van der Waals surface area contributed by atoms with Crippen LogP contribution in [0, 0.1) is 0 Å². The van der Waals surface area contributed by atoms with Crippen LogP contribution in [0.4, 0.5) is 5.82 Å². The van der Waals surface area contributed by atoms with Gasteiger partial charge in [-0.05, 0) is 19.4 Å². The maximum Gasteiger partial charge on any atom is 0.279 e. The molecule has 3 heterocycles. The molecule has 0 aliphatic carbocycles. The Kier molecular flexibility index (Phi) is 3.65. The molecule has 1 aromatic rings. The Morgan fingerprint density at radius 1 is 1.36 bits per heavy atom. The van der Waals surface area contributed by atoms with Crippen molar-refractivity contribution < 1.29 is 24.9 Å². The number of imidazole rings is 1. The zero-order valence-electron chi connectivity index (χ0n) is 12.1. The molecule has 22 heavy (non-hydrogen) atoms. The van der Waals surface area contributed by atoms with E-state index in [2.05, 4.69) is 15.6 Å². The predicted octanol–water partition coefficient (Wildman–Crippen LogP) is -1.10. The van der Waals surface area contributed by atoms with E-state index in [1.165, 1.54) is 10.9 Å². The highest BCUT2D eigenvalue weighted by molar-refractivity contribution is 6.00. The number of rotatable bonds is 2. The fraction of sp³-hybridized carbons (Fsp3) is 0.538. The number of hydrogen-bond donors (Lipinski definition) is 5. The van der Waals surface area contributed by atoms with E-state index in [1.807, 2.05) is 13.8 Å². The number of amides is 1. The molecule has 3 rings (SSSR count). The van der Waals surface area contributed by atoms with Gasteiger partial charge < -0.3 is 30.7 Å². The lowest BCUT2D eigenvalue weighted by atomic mass is 10.1. The molecule has 0 spiro atoms. The van der Waals surface area contributed by atoms with Gasteiger partial charge in [-0.3, -0.25) is 9.36 Å². The lowest BCUT2D eigenvalue weighted by Gasteiger charge is -2.24. The molecule has 2 aliphatic heterocycles. The van der Waals surface area contributed by atoms with Crippen LogP contribution in [0.15, 0.2) is 17.7 Å². The number of carbonyl (C=O) groups excluding carboxylic acids is 1. The third kappa shape index (κ3) is 2.18. The van der Waals surface area contributed by atoms with E-state index in [-0.39, 0.29) is 11.6 Å². The maximum atomic E-state index is 12.0. The summed E-state index contributed by atoms with van der Waals surface area (Å²) in [5.74, 6) is 0.538. The summed E-state index contributed by atoms with van der Waals surface area (Å²) in [6.45, 7) is 3.25. The quantitative estimate of drug-likeness (QED) is 0.469. The second kappa shape index (κ2) is 5.36. The Balaban J connectivity index is 1.98. The summed E-state index contributed by atoms with van der Waals surface area (Å²) >= 11 is 0. The minimum Gasteiger partial charge on any atom is -0.394 e. The molecule has 2 aliphatic rings. The van der Waals surface area contributed by atoms with Crippen molar-refractivity contribution in [3.8, 4) is 0 Å². The van der Waals surface area contributed by atoms with E-state index in [0.29, 0.717) is 11.6 Å². The Morgan fingerprint density at radius 2 is 2.09 bits per heavy atom. The van der Waals surface area contributed by atoms with Crippen LogP contribution in [0.3, 0.4) is 0 Å². The van der Waals surface area contributed by atoms with Gasteiger partial charge in [0.2, 0.25) is 0 Å². The first-order valence-corrected chi connectivity index (χ1v) is 6.89. The van der Waals surface area contributed by atoms with Gasteiger partial charge >= 0.3 is 0 Å². The Bertz CT molecular complexity index is 636. The Labute approximate surface area is 126 Å². The number of fused-ring (bicyclic) bond motifs is 1. The average molecular weight is 310 g/mol. The smallest absolute Gasteiger partial charge is 0.279 e. The molecule has 9 nitrogen and oxygen atoms in total. The van der Waals surface area contributed by atoms with Gasteiger partial charge in [-0.25, -0.2) is 4.98 Å². The molecular weight excluding hydrogens is 292 g/mol. The van der Waals surface area contributed by atoms with Crippen molar-refractivity contribution in [2.45, 2.75) is 38.4 Å². The molecule has 0 bridgehead atoms. The molecule has 0 aromatic carbocycles. The van der Waals surface area contributed by atoms with Crippen molar-refractivity contribution in [1.82, 2.24) is 14.9 Å². The maximum absolute atomic E-state index is 12.0. The molecule has 0 radical (unpaired) electrons. The zero-order valence-corrected chi connectivity index (χ0v) is 12.1. The van der Waals surface area contributed by atoms with Gasteiger partial charge in [-0.2, -0.15) is 0 Å². The predicted molar refractivity (Wildman–Crippen MR) is 74.7 cm³/mol. The van der Waals surface area contributed by atoms with E-state index < -0.39 is 31.1 Å². The number of aromatic nitrogens is 2. The number of aliphatic hydroxyl groups is 3. The lowest BCUT2D eigenvalue weighted by molar-refractivity contribution is -0.0518. The SMILES string of the molecule is CC(C)=C1NC(=O)c2ncn([C@@H]3O[C@H](CO)C(O)C3O)c2N1. The number of allylic oxidation sites excluding steroid dienone is 1. The molecule has 2 unspecified atom stereocenters. The highest BCUT2D eigenvalue weighted by Crippen LogP contribution is 2.34. The van der Waals surface area contributed by atoms with E-state index in [9.17, 15) is 15.0 Å². The van der Waals surface area contributed by atoms with E-state index >= 15 is 0 Å². The first kappa shape index (κ1) is 15.0. The summed E-state index contributed by atoms with van der Waals surface area (Å²) in [5, 5.41) is 34.8. The van der Waals surface area contributed by atoms with Crippen molar-refractivity contribution in [3.63, 3.8) is 0 Å². The standard InChI is InChI=1S/C13H18N4O5/c1-5(2)10-15-11-7(12(21)16-10)14-4-17(11)13-9(20)8(19)6(3-18)22-13/h4,6,8-9,13,15,18-20H,3H2,1-2H3,(H,16,21)/t6-,8?,9?,13-/m1/s1. The van der Waals surface area contributed by atoms with Gasteiger partial charge in [0.15, 0.2) is 11.9 Å². The molecule has 120 valence electrons. The molecule has 4 atom stereocenters. The fourth-order valence-electron chi connectivity index (χ4n) is 2.53. The molecular formula is C13H18N4O5. The third-order valence-electron chi connectivity index (χ3n) is 3.78. The highest BCUT2D eigenvalue weighted by atomic mass is 16.6. The van der Waals surface area contributed by atoms with Gasteiger partial charge in [-0.1, -0.05) is 0 Å². The van der Waals surface area contributed by atoms with E-state index in [4.69, 9.17) is 9.84 Å². The topological polar surface area (TPSA) is 129 Å². The van der Waals surface area contributed by atoms with E-state index in [1.54, 1.807) is 0 Å². The van der Waals surface area contributed by atoms with Gasteiger partial charge in [0.05, 0.1) is 12.9 Å². The highest BCUT2D eigenvalue weighted by Gasteiger charge is 2.44. The van der Waals surface area contributed by atoms with Crippen molar-refractivity contribution in [2.24, 2.45) is 0 Å². The largest absolute Gasteiger partial charge is 0.394 e. The molecule has 1 amide bonds. The van der Waals surface area contributed by atoms with Crippen LogP contribution in [0.25, 0.3) is 0 Å². The van der Waals surface area contributed by atoms with Gasteiger partial charge in [0.25, 0.3) is 5.91 Å². The first-order valence-electron chi connectivity index (χ1n) is 6.89. The van der Waals surface area contributed by atoms with Crippen molar-refractivity contribution in [1.29, 1.82) is 0 Å². The van der Waals surface area contributed by atoms with Crippen LogP contribution in [0.1, 0.15) is 30.6 Å². The minimum atomic E-state index is -1.24. The summed E-state index contributed by atoms with van der Waals surface area (Å²) in [5.41, 5.74) is 1.04. The molecule has 5 N–H and O–H groups in total. The van der Waals surface area contributed by atoms with Crippen molar-refractivity contribution in [2.75, 3.05) is 11.9 Å². The number of nitrogens with zero attached hydrogens (tertiary/aromatic N) is 2. The second-order valence-electron chi connectivity index (χ2n) is 5.53. The Hall–Kier alpha value is -1.94. The van der Waals surface area contributed by atoms with Crippen molar-refractivity contribution in [3.05, 3.63) is 23.4 Å².